The number of benzene rings is 5. The second kappa shape index (κ2) is 26.3. The van der Waals surface area contributed by atoms with Gasteiger partial charge in [0, 0.05) is 59.7 Å². The first-order chi connectivity index (χ1) is 40.0. The van der Waals surface area contributed by atoms with Gasteiger partial charge in [0.15, 0.2) is 11.6 Å². The number of sulfonamides is 1. The van der Waals surface area contributed by atoms with Crippen molar-refractivity contribution in [1.82, 2.24) is 19.1 Å². The Morgan fingerprint density at radius 3 is 1.57 bits per heavy atom. The molecule has 0 spiro atoms. The van der Waals surface area contributed by atoms with Crippen molar-refractivity contribution >= 4 is 76.9 Å². The van der Waals surface area contributed by atoms with E-state index in [-0.39, 0.29) is 21.5 Å². The minimum atomic E-state index is -3.26. The monoisotopic (exact) mass is 1320 g/mol. The maximum absolute atomic E-state index is 12.3. The fourth-order valence-electron chi connectivity index (χ4n) is 11.1. The zero-order chi connectivity index (χ0) is 63.4. The Morgan fingerprint density at radius 1 is 0.651 bits per heavy atom. The van der Waals surface area contributed by atoms with Crippen molar-refractivity contribution in [3.63, 3.8) is 0 Å². The van der Waals surface area contributed by atoms with E-state index >= 15 is 0 Å². The molecule has 86 heavy (non-hydrogen) atoms. The number of aromatic nitrogens is 4. The van der Waals surface area contributed by atoms with E-state index in [4.69, 9.17) is 33.7 Å². The van der Waals surface area contributed by atoms with E-state index < -0.39 is 59.1 Å². The third kappa shape index (κ3) is 16.7. The number of hydrogen-bond acceptors (Lipinski definition) is 13. The maximum atomic E-state index is 12.3. The van der Waals surface area contributed by atoms with Crippen LogP contribution in [0.3, 0.4) is 0 Å². The van der Waals surface area contributed by atoms with E-state index in [0.717, 1.165) is 62.0 Å². The third-order valence-corrected chi connectivity index (χ3v) is 18.7. The molecule has 4 unspecified atom stereocenters. The fraction of sp³-hybridized carbons (Fsp3) is 0.344. The standard InChI is InChI=1S/C24H26N2O3.C16H21O3P.C15H17IN2O3.C9H12BNO4S/c1-16-6-8-17(9-7-16)10-11-18-14-19(26-13-12-21(27)25-23(26)28)15-20(22(18)29-5)24(2,3)4;1-13-10-15(3)19-14(2,17-13)11-16(4,18-13)20(15)12-8-6-5-7-9-12;1-15(2,3)10-7-9(8-11(16)13(10)21-4)18-6-5-12(19)17-14(18)20;1-16(14,15)11-9-4-2-8(3-5-9)6-7-10(12)13/h6-15H,1-5H3,(H,25,27,28);5-9H,10-11H2,1-4H3;5-8H,1-4H3,(H,17,19,20);2-7,11-13H,1H3/b11-10+;;;7-6+. The molecule has 11 rings (SSSR count). The first-order valence-corrected chi connectivity index (χ1v) is 31.9. The molecular formula is C64H76BIN5O13PS. The molecule has 6 heterocycles. The first kappa shape index (κ1) is 66.8. The van der Waals surface area contributed by atoms with Crippen LogP contribution >= 0.6 is 30.5 Å². The summed E-state index contributed by atoms with van der Waals surface area (Å²) in [6.07, 6.45) is 11.2. The molecule has 4 fully saturated rings. The topological polar surface area (TPSA) is 242 Å². The number of halogens is 1. The summed E-state index contributed by atoms with van der Waals surface area (Å²) in [4.78, 5) is 51.5. The van der Waals surface area contributed by atoms with Gasteiger partial charge < -0.3 is 33.7 Å². The molecule has 5 N–H and O–H groups in total. The normalized spacial score (nSPS) is 21.3. The average molecular weight is 1320 g/mol. The molecule has 18 nitrogen and oxygen atoms in total. The highest BCUT2D eigenvalue weighted by atomic mass is 127. The van der Waals surface area contributed by atoms with E-state index in [2.05, 4.69) is 168 Å². The van der Waals surface area contributed by atoms with E-state index in [1.807, 2.05) is 36.4 Å². The maximum Gasteiger partial charge on any atom is 0.480 e. The van der Waals surface area contributed by atoms with Gasteiger partial charge in [-0.2, -0.15) is 0 Å². The molecule has 4 bridgehead atoms. The Bertz CT molecular complexity index is 3940. The minimum absolute atomic E-state index is 0.132. The van der Waals surface area contributed by atoms with Gasteiger partial charge in [-0.1, -0.05) is 138 Å². The van der Waals surface area contributed by atoms with Crippen molar-refractivity contribution in [2.24, 2.45) is 0 Å². The van der Waals surface area contributed by atoms with Crippen LogP contribution in [0.2, 0.25) is 0 Å². The van der Waals surface area contributed by atoms with Gasteiger partial charge in [-0.25, -0.2) is 18.0 Å². The van der Waals surface area contributed by atoms with Crippen molar-refractivity contribution in [2.45, 2.75) is 122 Å². The molecule has 4 saturated heterocycles. The van der Waals surface area contributed by atoms with E-state index in [1.54, 1.807) is 38.5 Å². The third-order valence-electron chi connectivity index (χ3n) is 14.1. The van der Waals surface area contributed by atoms with Gasteiger partial charge in [0.2, 0.25) is 10.0 Å². The molecule has 4 atom stereocenters. The van der Waals surface area contributed by atoms with Gasteiger partial charge in [-0.15, -0.1) is 0 Å². The highest BCUT2D eigenvalue weighted by Gasteiger charge is 2.71. The Hall–Kier alpha value is -6.69. The van der Waals surface area contributed by atoms with Crippen molar-refractivity contribution in [1.29, 1.82) is 0 Å². The summed E-state index contributed by atoms with van der Waals surface area (Å²) in [6.45, 7) is 23.2. The first-order valence-electron chi connectivity index (χ1n) is 27.6. The summed E-state index contributed by atoms with van der Waals surface area (Å²) in [5, 5.41) is 18.2. The Morgan fingerprint density at radius 2 is 1.12 bits per heavy atom. The van der Waals surface area contributed by atoms with Crippen LogP contribution in [-0.4, -0.2) is 87.4 Å². The highest BCUT2D eigenvalue weighted by Crippen LogP contribution is 2.75. The lowest BCUT2D eigenvalue weighted by molar-refractivity contribution is -0.467. The number of aryl methyl sites for hydroxylation is 1. The molecule has 456 valence electrons. The number of methoxy groups -OCH3 is 2. The number of nitrogens with zero attached hydrogens (tertiary/aromatic N) is 2. The number of hydrogen-bond donors (Lipinski definition) is 5. The molecule has 4 aliphatic rings. The number of anilines is 1. The number of H-pyrrole nitrogens is 2. The summed E-state index contributed by atoms with van der Waals surface area (Å²) in [5.74, 6) is 1.76. The summed E-state index contributed by atoms with van der Waals surface area (Å²) >= 11 is 2.18. The number of rotatable bonds is 11. The van der Waals surface area contributed by atoms with Gasteiger partial charge in [-0.3, -0.25) is 33.4 Å². The Kier molecular flexibility index (Phi) is 20.5. The Labute approximate surface area is 517 Å². The molecule has 22 heteroatoms. The van der Waals surface area contributed by atoms with Crippen molar-refractivity contribution in [2.75, 3.05) is 25.2 Å². The molecule has 0 saturated carbocycles. The van der Waals surface area contributed by atoms with Crippen molar-refractivity contribution in [3.8, 4) is 22.9 Å². The number of ether oxygens (including phenoxy) is 5. The van der Waals surface area contributed by atoms with Crippen molar-refractivity contribution in [3.05, 3.63) is 212 Å². The lowest BCUT2D eigenvalue weighted by Crippen LogP contribution is -2.72. The zero-order valence-corrected chi connectivity index (χ0v) is 54.8. The molecule has 7 aromatic rings. The van der Waals surface area contributed by atoms with Gasteiger partial charge >= 0.3 is 18.5 Å². The van der Waals surface area contributed by atoms with E-state index in [1.165, 1.54) is 56.6 Å². The fourth-order valence-corrected chi connectivity index (χ4v) is 16.5. The molecule has 0 amide bonds. The van der Waals surface area contributed by atoms with Crippen LogP contribution in [0.1, 0.15) is 115 Å². The largest absolute Gasteiger partial charge is 0.496 e. The second-order valence-corrected chi connectivity index (χ2v) is 30.0. The van der Waals surface area contributed by atoms with Gasteiger partial charge in [-0.05, 0) is 129 Å². The second-order valence-electron chi connectivity index (χ2n) is 24.0. The van der Waals surface area contributed by atoms with Crippen LogP contribution in [0, 0.1) is 10.5 Å². The summed E-state index contributed by atoms with van der Waals surface area (Å²) in [5.41, 5.74) is 5.58. The lowest BCUT2D eigenvalue weighted by Gasteiger charge is -2.69. The molecule has 4 aliphatic heterocycles. The van der Waals surface area contributed by atoms with Crippen LogP contribution in [0.5, 0.6) is 11.5 Å². The highest BCUT2D eigenvalue weighted by molar-refractivity contribution is 14.1. The van der Waals surface area contributed by atoms with Crippen LogP contribution in [0.15, 0.2) is 153 Å². The van der Waals surface area contributed by atoms with Crippen LogP contribution in [-0.2, 0) is 35.1 Å². The SMILES string of the molecule is CC12CC3(C)OC(C)(CC(C)(O1)P3c1ccccc1)O2.COc1c(/C=C/c2ccc(C)cc2)cc(-n2ccc(=O)[nH]c2=O)cc1C(C)(C)C.COc1c(I)cc(-n2ccc(=O)[nH]c2=O)cc1C(C)(C)C.CS(=O)(=O)Nc1ccc(/C=C/B(O)O)cc1. The smallest absolute Gasteiger partial charge is 0.480 e. The summed E-state index contributed by atoms with van der Waals surface area (Å²) < 4.78 is 58.1. The minimum Gasteiger partial charge on any atom is -0.496 e. The summed E-state index contributed by atoms with van der Waals surface area (Å²) in [7, 11) is -2.02. The van der Waals surface area contributed by atoms with Crippen molar-refractivity contribution < 1.29 is 42.2 Å². The summed E-state index contributed by atoms with van der Waals surface area (Å²) in [6, 6.07) is 35.7. The lowest BCUT2D eigenvalue weighted by atomic mass is 9.84. The molecule has 0 radical (unpaired) electrons. The number of aromatic amines is 2. The quantitative estimate of drug-likeness (QED) is 0.0351. The molecule has 0 aliphatic carbocycles. The molecule has 5 aromatic carbocycles. The Balaban J connectivity index is 0.000000168. The predicted octanol–water partition coefficient (Wildman–Crippen LogP) is 10.4. The zero-order valence-electron chi connectivity index (χ0n) is 50.9. The molecule has 2 aromatic heterocycles. The van der Waals surface area contributed by atoms with Crippen LogP contribution in [0.4, 0.5) is 5.69 Å². The van der Waals surface area contributed by atoms with Gasteiger partial charge in [0.1, 0.15) is 11.5 Å². The molecular weight excluding hydrogens is 1250 g/mol. The van der Waals surface area contributed by atoms with E-state index in [9.17, 15) is 27.6 Å². The van der Waals surface area contributed by atoms with Crippen LogP contribution in [0.25, 0.3) is 29.6 Å². The number of nitrogens with one attached hydrogen (secondary N) is 3. The van der Waals surface area contributed by atoms with E-state index in [0.29, 0.717) is 17.1 Å². The van der Waals surface area contributed by atoms with Crippen LogP contribution < -0.4 is 42.0 Å². The van der Waals surface area contributed by atoms with Gasteiger partial charge in [0.25, 0.3) is 11.1 Å². The van der Waals surface area contributed by atoms with Gasteiger partial charge in [0.05, 0.1) is 46.1 Å². The average Bonchev–Trinajstić information content (AvgIpc) is 0.686. The predicted molar refractivity (Wildman–Crippen MR) is 352 cm³/mol.